The molecule has 0 aliphatic carbocycles. The number of imidazole rings is 1. The number of aromatic nitrogens is 2. The molecule has 3 aromatic rings. The molecular weight excluding hydrogens is 453 g/mol. The van der Waals surface area contributed by atoms with Gasteiger partial charge in [-0.15, -0.1) is 0 Å². The Hall–Kier alpha value is -2.06. The molecule has 0 amide bonds. The number of benzene rings is 2. The van der Waals surface area contributed by atoms with E-state index in [9.17, 15) is 4.79 Å². The Labute approximate surface area is 164 Å². The molecule has 0 unspecified atom stereocenters. The fraction of sp³-hybridized carbons (Fsp3) is 0.111. The van der Waals surface area contributed by atoms with Gasteiger partial charge in [0, 0.05) is 10.7 Å². The van der Waals surface area contributed by atoms with Crippen LogP contribution in [0.1, 0.15) is 17.4 Å². The molecule has 0 spiro atoms. The van der Waals surface area contributed by atoms with Crippen molar-refractivity contribution >= 4 is 51.9 Å². The van der Waals surface area contributed by atoms with Crippen molar-refractivity contribution in [2.75, 3.05) is 11.9 Å². The van der Waals surface area contributed by atoms with Crippen LogP contribution in [0.15, 0.2) is 54.9 Å². The predicted molar refractivity (Wildman–Crippen MR) is 108 cm³/mol. The van der Waals surface area contributed by atoms with Crippen molar-refractivity contribution in [3.63, 3.8) is 0 Å². The standard InChI is InChI=1S/C18H15ClIN3O2/c1-2-25-18(24)16-17(21-11-23(16)20)22-15-9-5-13(6-10-15)12-3-7-14(19)8-4-12/h3-11,22H,2H2,1H3. The maximum atomic E-state index is 12.1. The summed E-state index contributed by atoms with van der Waals surface area (Å²) in [6.07, 6.45) is 1.57. The number of rotatable bonds is 5. The summed E-state index contributed by atoms with van der Waals surface area (Å²) in [5, 5.41) is 3.87. The van der Waals surface area contributed by atoms with E-state index in [1.54, 1.807) is 16.0 Å². The minimum absolute atomic E-state index is 0.315. The third-order valence-electron chi connectivity index (χ3n) is 3.52. The summed E-state index contributed by atoms with van der Waals surface area (Å²) < 4.78 is 6.69. The number of anilines is 2. The third kappa shape index (κ3) is 4.13. The average molecular weight is 468 g/mol. The fourth-order valence-corrected chi connectivity index (χ4v) is 3.00. The second-order valence-corrected chi connectivity index (χ2v) is 6.66. The van der Waals surface area contributed by atoms with Crippen LogP contribution in [0.2, 0.25) is 5.02 Å². The number of ether oxygens (including phenoxy) is 1. The van der Waals surface area contributed by atoms with Crippen LogP contribution in [-0.4, -0.2) is 20.3 Å². The van der Waals surface area contributed by atoms with E-state index in [1.165, 1.54) is 0 Å². The smallest absolute Gasteiger partial charge is 0.359 e. The number of hydrogen-bond donors (Lipinski definition) is 1. The summed E-state index contributed by atoms with van der Waals surface area (Å²) in [4.78, 5) is 16.3. The maximum Gasteiger partial charge on any atom is 0.359 e. The molecule has 0 fully saturated rings. The minimum atomic E-state index is -0.408. The minimum Gasteiger partial charge on any atom is -0.461 e. The Morgan fingerprint density at radius 2 is 1.76 bits per heavy atom. The number of hydrogen-bond acceptors (Lipinski definition) is 4. The molecule has 128 valence electrons. The van der Waals surface area contributed by atoms with Crippen molar-refractivity contribution in [2.45, 2.75) is 6.92 Å². The first-order valence-corrected chi connectivity index (χ1v) is 8.96. The summed E-state index contributed by atoms with van der Waals surface area (Å²) >= 11 is 7.92. The fourth-order valence-electron chi connectivity index (χ4n) is 2.33. The molecular formula is C18H15ClIN3O2. The van der Waals surface area contributed by atoms with Crippen molar-refractivity contribution in [1.82, 2.24) is 7.76 Å². The highest BCUT2D eigenvalue weighted by Gasteiger charge is 2.19. The number of carbonyl (C=O) groups excluding carboxylic acids is 1. The van der Waals surface area contributed by atoms with E-state index in [0.29, 0.717) is 23.1 Å². The van der Waals surface area contributed by atoms with Gasteiger partial charge in [-0.1, -0.05) is 35.9 Å². The maximum absolute atomic E-state index is 12.1. The number of esters is 1. The van der Waals surface area contributed by atoms with E-state index in [-0.39, 0.29) is 0 Å². The zero-order valence-corrected chi connectivity index (χ0v) is 16.3. The van der Waals surface area contributed by atoms with Crippen LogP contribution >= 0.6 is 34.5 Å². The topological polar surface area (TPSA) is 56.1 Å². The van der Waals surface area contributed by atoms with Crippen molar-refractivity contribution in [2.24, 2.45) is 0 Å². The first-order chi connectivity index (χ1) is 12.1. The van der Waals surface area contributed by atoms with Crippen LogP contribution in [0.4, 0.5) is 11.5 Å². The van der Waals surface area contributed by atoms with E-state index in [0.717, 1.165) is 16.8 Å². The highest BCUT2D eigenvalue weighted by molar-refractivity contribution is 14.1. The van der Waals surface area contributed by atoms with Gasteiger partial charge in [0.1, 0.15) is 6.33 Å². The third-order valence-corrected chi connectivity index (χ3v) is 4.50. The van der Waals surface area contributed by atoms with Crippen LogP contribution in [0, 0.1) is 0 Å². The molecule has 0 bridgehead atoms. The van der Waals surface area contributed by atoms with Gasteiger partial charge in [-0.3, -0.25) is 2.78 Å². The number of halogens is 2. The number of carbonyl (C=O) groups is 1. The normalized spacial score (nSPS) is 10.5. The Bertz CT molecular complexity index is 876. The Kier molecular flexibility index (Phi) is 5.60. The van der Waals surface area contributed by atoms with Crippen LogP contribution in [0.3, 0.4) is 0 Å². The van der Waals surface area contributed by atoms with E-state index in [1.807, 2.05) is 71.4 Å². The molecule has 1 heterocycles. The molecule has 0 atom stereocenters. The van der Waals surface area contributed by atoms with Gasteiger partial charge in [-0.05, 0) is 42.3 Å². The van der Waals surface area contributed by atoms with E-state index in [4.69, 9.17) is 16.3 Å². The predicted octanol–water partition coefficient (Wildman–Crippen LogP) is 5.32. The summed E-state index contributed by atoms with van der Waals surface area (Å²) in [6, 6.07) is 15.5. The Balaban J connectivity index is 1.80. The van der Waals surface area contributed by atoms with Gasteiger partial charge in [0.25, 0.3) is 0 Å². The summed E-state index contributed by atoms with van der Waals surface area (Å²) in [7, 11) is 0. The average Bonchev–Trinajstić information content (AvgIpc) is 2.97. The second kappa shape index (κ2) is 7.88. The molecule has 1 aromatic heterocycles. The summed E-state index contributed by atoms with van der Waals surface area (Å²) in [5.41, 5.74) is 3.37. The van der Waals surface area contributed by atoms with Gasteiger partial charge in [-0.2, -0.15) is 0 Å². The lowest BCUT2D eigenvalue weighted by molar-refractivity contribution is 0.0521. The molecule has 7 heteroatoms. The lowest BCUT2D eigenvalue weighted by Gasteiger charge is -2.08. The van der Waals surface area contributed by atoms with Crippen molar-refractivity contribution in [3.05, 3.63) is 65.6 Å². The number of nitrogens with zero attached hydrogens (tertiary/aromatic N) is 2. The van der Waals surface area contributed by atoms with Gasteiger partial charge >= 0.3 is 5.97 Å². The molecule has 0 saturated carbocycles. The lowest BCUT2D eigenvalue weighted by Crippen LogP contribution is -2.10. The van der Waals surface area contributed by atoms with E-state index >= 15 is 0 Å². The van der Waals surface area contributed by atoms with E-state index < -0.39 is 5.97 Å². The monoisotopic (exact) mass is 467 g/mol. The van der Waals surface area contributed by atoms with Gasteiger partial charge < -0.3 is 10.1 Å². The SMILES string of the molecule is CCOC(=O)c1c(Nc2ccc(-c3ccc(Cl)cc3)cc2)ncn1I. The van der Waals surface area contributed by atoms with E-state index in [2.05, 4.69) is 10.3 Å². The van der Waals surface area contributed by atoms with Crippen LogP contribution in [0.5, 0.6) is 0 Å². The molecule has 5 nitrogen and oxygen atoms in total. The van der Waals surface area contributed by atoms with Crippen LogP contribution < -0.4 is 5.32 Å². The van der Waals surface area contributed by atoms with Crippen molar-refractivity contribution in [3.8, 4) is 11.1 Å². The van der Waals surface area contributed by atoms with Crippen LogP contribution in [0.25, 0.3) is 11.1 Å². The zero-order chi connectivity index (χ0) is 17.8. The number of nitrogens with one attached hydrogen (secondary N) is 1. The first kappa shape index (κ1) is 17.8. The molecule has 1 N–H and O–H groups in total. The zero-order valence-electron chi connectivity index (χ0n) is 13.4. The Morgan fingerprint density at radius 3 is 2.36 bits per heavy atom. The lowest BCUT2D eigenvalue weighted by atomic mass is 10.1. The molecule has 3 rings (SSSR count). The highest BCUT2D eigenvalue weighted by atomic mass is 127. The van der Waals surface area contributed by atoms with Gasteiger partial charge in [0.05, 0.1) is 29.5 Å². The second-order valence-electron chi connectivity index (χ2n) is 5.18. The quantitative estimate of drug-likeness (QED) is 0.407. The molecule has 0 saturated heterocycles. The van der Waals surface area contributed by atoms with Crippen molar-refractivity contribution in [1.29, 1.82) is 0 Å². The molecule has 25 heavy (non-hydrogen) atoms. The van der Waals surface area contributed by atoms with Gasteiger partial charge in [-0.25, -0.2) is 9.78 Å². The summed E-state index contributed by atoms with van der Waals surface area (Å²) in [6.45, 7) is 2.09. The molecule has 0 radical (unpaired) electrons. The van der Waals surface area contributed by atoms with Gasteiger partial charge in [0.15, 0.2) is 11.5 Å². The first-order valence-electron chi connectivity index (χ1n) is 7.62. The Morgan fingerprint density at radius 1 is 1.16 bits per heavy atom. The largest absolute Gasteiger partial charge is 0.461 e. The van der Waals surface area contributed by atoms with Crippen molar-refractivity contribution < 1.29 is 9.53 Å². The highest BCUT2D eigenvalue weighted by Crippen LogP contribution is 2.26. The molecule has 2 aromatic carbocycles. The van der Waals surface area contributed by atoms with Gasteiger partial charge in [0.2, 0.25) is 0 Å². The summed E-state index contributed by atoms with van der Waals surface area (Å²) in [5.74, 6) is 0.0572. The van der Waals surface area contributed by atoms with Crippen LogP contribution in [-0.2, 0) is 4.74 Å². The molecule has 0 aliphatic heterocycles. The molecule has 0 aliphatic rings.